The van der Waals surface area contributed by atoms with E-state index in [1.54, 1.807) is 39.0 Å². The Morgan fingerprint density at radius 2 is 1.68 bits per heavy atom. The monoisotopic (exact) mass is 493 g/mol. The number of methoxy groups -OCH3 is 1. The number of anilines is 1. The number of nitrogens with one attached hydrogen (secondary N) is 1. The third-order valence-electron chi connectivity index (χ3n) is 5.00. The Balaban J connectivity index is 2.41. The van der Waals surface area contributed by atoms with E-state index in [-0.39, 0.29) is 17.8 Å². The third kappa shape index (κ3) is 7.44. The fourth-order valence-electron chi connectivity index (χ4n) is 3.23. The van der Waals surface area contributed by atoms with Gasteiger partial charge in [-0.05, 0) is 58.0 Å². The van der Waals surface area contributed by atoms with Gasteiger partial charge in [0, 0.05) is 17.6 Å². The van der Waals surface area contributed by atoms with Crippen molar-refractivity contribution >= 4 is 27.5 Å². The summed E-state index contributed by atoms with van der Waals surface area (Å²) < 4.78 is 45.5. The maximum absolute atomic E-state index is 14.4. The lowest BCUT2D eigenvalue weighted by Crippen LogP contribution is -2.54. The Bertz CT molecular complexity index is 1110. The van der Waals surface area contributed by atoms with Crippen LogP contribution in [0.25, 0.3) is 0 Å². The van der Waals surface area contributed by atoms with E-state index in [1.807, 2.05) is 0 Å². The van der Waals surface area contributed by atoms with E-state index < -0.39 is 45.8 Å². The lowest BCUT2D eigenvalue weighted by molar-refractivity contribution is -0.140. The largest absolute Gasteiger partial charge is 0.497 e. The predicted molar refractivity (Wildman–Crippen MR) is 129 cm³/mol. The molecule has 0 spiro atoms. The highest BCUT2D eigenvalue weighted by Crippen LogP contribution is 2.22. The number of halogens is 1. The summed E-state index contributed by atoms with van der Waals surface area (Å²) in [5.41, 5.74) is -0.0872. The number of sulfonamides is 1. The van der Waals surface area contributed by atoms with E-state index in [1.165, 1.54) is 49.3 Å². The Hall–Kier alpha value is -3.14. The van der Waals surface area contributed by atoms with E-state index in [0.717, 1.165) is 10.6 Å². The number of hydrogen-bond acceptors (Lipinski definition) is 5. The van der Waals surface area contributed by atoms with E-state index in [4.69, 9.17) is 4.74 Å². The highest BCUT2D eigenvalue weighted by molar-refractivity contribution is 7.92. The summed E-state index contributed by atoms with van der Waals surface area (Å²) in [5, 5.41) is 2.81. The van der Waals surface area contributed by atoms with Gasteiger partial charge in [-0.1, -0.05) is 18.2 Å². The van der Waals surface area contributed by atoms with Crippen LogP contribution in [0.5, 0.6) is 5.75 Å². The summed E-state index contributed by atoms with van der Waals surface area (Å²) in [7, 11) is -2.37. The molecule has 34 heavy (non-hydrogen) atoms. The molecule has 0 heterocycles. The molecular weight excluding hydrogens is 461 g/mol. The van der Waals surface area contributed by atoms with Gasteiger partial charge in [-0.25, -0.2) is 12.8 Å². The number of carbonyl (C=O) groups excluding carboxylic acids is 2. The summed E-state index contributed by atoms with van der Waals surface area (Å²) in [6.07, 6.45) is 0.988. The van der Waals surface area contributed by atoms with Crippen LogP contribution in [-0.2, 0) is 26.2 Å². The van der Waals surface area contributed by atoms with Crippen molar-refractivity contribution in [2.45, 2.75) is 45.8 Å². The zero-order chi connectivity index (χ0) is 25.7. The van der Waals surface area contributed by atoms with Gasteiger partial charge in [-0.15, -0.1) is 0 Å². The Kier molecular flexibility index (Phi) is 8.66. The van der Waals surface area contributed by atoms with E-state index in [9.17, 15) is 22.4 Å². The second kappa shape index (κ2) is 10.9. The van der Waals surface area contributed by atoms with Crippen molar-refractivity contribution in [3.8, 4) is 5.75 Å². The lowest BCUT2D eigenvalue weighted by Gasteiger charge is -2.33. The van der Waals surface area contributed by atoms with Crippen LogP contribution in [0.3, 0.4) is 0 Å². The van der Waals surface area contributed by atoms with Crippen LogP contribution in [-0.4, -0.2) is 56.6 Å². The molecular formula is C24H32FN3O5S. The van der Waals surface area contributed by atoms with Crippen LogP contribution in [0.15, 0.2) is 48.5 Å². The fraction of sp³-hybridized carbons (Fsp3) is 0.417. The number of ether oxygens (including phenoxy) is 1. The molecule has 0 aliphatic heterocycles. The molecule has 0 saturated carbocycles. The molecule has 1 N–H and O–H groups in total. The van der Waals surface area contributed by atoms with Crippen molar-refractivity contribution in [3.63, 3.8) is 0 Å². The molecule has 0 bridgehead atoms. The smallest absolute Gasteiger partial charge is 0.244 e. The summed E-state index contributed by atoms with van der Waals surface area (Å²) in [6, 6.07) is 11.1. The van der Waals surface area contributed by atoms with Gasteiger partial charge in [0.1, 0.15) is 24.2 Å². The van der Waals surface area contributed by atoms with Gasteiger partial charge in [0.15, 0.2) is 0 Å². The first kappa shape index (κ1) is 27.1. The highest BCUT2D eigenvalue weighted by Gasteiger charge is 2.31. The average molecular weight is 494 g/mol. The zero-order valence-electron chi connectivity index (χ0n) is 20.3. The molecule has 0 aliphatic rings. The molecule has 2 aromatic carbocycles. The quantitative estimate of drug-likeness (QED) is 0.580. The molecule has 1 atom stereocenters. The standard InChI is InChI=1S/C24H32FN3O5S/c1-17(23(30)26-24(2,3)4)27(15-18-9-7-8-10-21(18)25)22(29)16-28(34(6,31)32)19-11-13-20(33-5)14-12-19/h7-14,17H,15-16H2,1-6H3,(H,26,30)/t17-/m0/s1. The Morgan fingerprint density at radius 1 is 1.09 bits per heavy atom. The van der Waals surface area contributed by atoms with Gasteiger partial charge in [0.05, 0.1) is 19.1 Å². The predicted octanol–water partition coefficient (Wildman–Crippen LogP) is 2.93. The van der Waals surface area contributed by atoms with Gasteiger partial charge >= 0.3 is 0 Å². The first-order valence-electron chi connectivity index (χ1n) is 10.7. The lowest BCUT2D eigenvalue weighted by atomic mass is 10.1. The van der Waals surface area contributed by atoms with Crippen LogP contribution in [0.1, 0.15) is 33.3 Å². The molecule has 8 nitrogen and oxygen atoms in total. The number of hydrogen-bond donors (Lipinski definition) is 1. The Labute approximate surface area is 200 Å². The second-order valence-corrected chi connectivity index (χ2v) is 10.9. The summed E-state index contributed by atoms with van der Waals surface area (Å²) in [6.45, 7) is 6.16. The van der Waals surface area contributed by atoms with Crippen molar-refractivity contribution in [1.82, 2.24) is 10.2 Å². The number of rotatable bonds is 9. The minimum Gasteiger partial charge on any atom is -0.497 e. The average Bonchev–Trinajstić information content (AvgIpc) is 2.74. The van der Waals surface area contributed by atoms with Gasteiger partial charge < -0.3 is 15.0 Å². The zero-order valence-corrected chi connectivity index (χ0v) is 21.1. The van der Waals surface area contributed by atoms with Crippen molar-refractivity contribution in [2.75, 3.05) is 24.2 Å². The van der Waals surface area contributed by atoms with Crippen LogP contribution >= 0.6 is 0 Å². The molecule has 0 fully saturated rings. The van der Waals surface area contributed by atoms with Crippen LogP contribution in [0.2, 0.25) is 0 Å². The summed E-state index contributed by atoms with van der Waals surface area (Å²) in [5.74, 6) is -1.09. The number of nitrogens with zero attached hydrogens (tertiary/aromatic N) is 2. The highest BCUT2D eigenvalue weighted by atomic mass is 32.2. The summed E-state index contributed by atoms with van der Waals surface area (Å²) in [4.78, 5) is 27.5. The van der Waals surface area contributed by atoms with Gasteiger partial charge in [0.2, 0.25) is 21.8 Å². The first-order chi connectivity index (χ1) is 15.7. The molecule has 2 aromatic rings. The molecule has 0 saturated heterocycles. The topological polar surface area (TPSA) is 96.0 Å². The molecule has 0 aliphatic carbocycles. The molecule has 10 heteroatoms. The first-order valence-corrected chi connectivity index (χ1v) is 12.5. The van der Waals surface area contributed by atoms with E-state index in [2.05, 4.69) is 5.32 Å². The minimum atomic E-state index is -3.85. The van der Waals surface area contributed by atoms with Crippen LogP contribution in [0.4, 0.5) is 10.1 Å². The van der Waals surface area contributed by atoms with Crippen molar-refractivity contribution < 1.29 is 27.1 Å². The van der Waals surface area contributed by atoms with Crippen LogP contribution < -0.4 is 14.4 Å². The molecule has 186 valence electrons. The van der Waals surface area contributed by atoms with E-state index in [0.29, 0.717) is 5.75 Å². The van der Waals surface area contributed by atoms with Crippen LogP contribution in [0, 0.1) is 5.82 Å². The summed E-state index contributed by atoms with van der Waals surface area (Å²) >= 11 is 0. The molecule has 2 amide bonds. The van der Waals surface area contributed by atoms with Crippen molar-refractivity contribution in [3.05, 3.63) is 59.9 Å². The molecule has 0 radical (unpaired) electrons. The number of amides is 2. The fourth-order valence-corrected chi connectivity index (χ4v) is 4.08. The second-order valence-electron chi connectivity index (χ2n) is 9.00. The number of carbonyl (C=O) groups is 2. The molecule has 2 rings (SSSR count). The maximum atomic E-state index is 14.4. The number of benzene rings is 2. The van der Waals surface area contributed by atoms with Gasteiger partial charge in [0.25, 0.3) is 0 Å². The van der Waals surface area contributed by atoms with Crippen molar-refractivity contribution in [2.24, 2.45) is 0 Å². The van der Waals surface area contributed by atoms with Crippen molar-refractivity contribution in [1.29, 1.82) is 0 Å². The normalized spacial score (nSPS) is 12.6. The van der Waals surface area contributed by atoms with Gasteiger partial charge in [-0.3, -0.25) is 13.9 Å². The minimum absolute atomic E-state index is 0.204. The maximum Gasteiger partial charge on any atom is 0.244 e. The van der Waals surface area contributed by atoms with E-state index >= 15 is 0 Å². The Morgan fingerprint density at radius 3 is 2.18 bits per heavy atom. The van der Waals surface area contributed by atoms with Gasteiger partial charge in [-0.2, -0.15) is 0 Å². The third-order valence-corrected chi connectivity index (χ3v) is 6.14. The SMILES string of the molecule is COc1ccc(N(CC(=O)N(Cc2ccccc2F)[C@@H](C)C(=O)NC(C)(C)C)S(C)(=O)=O)cc1. The molecule has 0 aromatic heterocycles. The molecule has 0 unspecified atom stereocenters.